The molecule has 2 aliphatic rings. The predicted molar refractivity (Wildman–Crippen MR) is 148 cm³/mol. The first-order chi connectivity index (χ1) is 18.5. The number of hydrogen-bond donors (Lipinski definition) is 1. The lowest BCUT2D eigenvalue weighted by Crippen LogP contribution is -2.22. The maximum atomic E-state index is 11.7. The molecular weight excluding hydrogens is 502 g/mol. The number of nitro groups is 1. The van der Waals surface area contributed by atoms with Gasteiger partial charge in [0.1, 0.15) is 17.4 Å². The van der Waals surface area contributed by atoms with Crippen LogP contribution in [-0.4, -0.2) is 33.4 Å². The first-order valence-corrected chi connectivity index (χ1v) is 13.4. The van der Waals surface area contributed by atoms with Crippen LogP contribution < -0.4 is 4.74 Å². The Morgan fingerprint density at radius 3 is 2.39 bits per heavy atom. The maximum absolute atomic E-state index is 11.7. The highest BCUT2D eigenvalue weighted by atomic mass is 32.2. The molecule has 1 aliphatic carbocycles. The van der Waals surface area contributed by atoms with Gasteiger partial charge in [0.05, 0.1) is 27.0 Å². The third-order valence-electron chi connectivity index (χ3n) is 6.95. The van der Waals surface area contributed by atoms with Gasteiger partial charge in [0.2, 0.25) is 0 Å². The third kappa shape index (κ3) is 5.78. The summed E-state index contributed by atoms with van der Waals surface area (Å²) in [4.78, 5) is 22.7. The van der Waals surface area contributed by atoms with Crippen LogP contribution in [0.5, 0.6) is 5.75 Å². The molecule has 5 rings (SSSR count). The van der Waals surface area contributed by atoms with Gasteiger partial charge < -0.3 is 9.84 Å². The molecule has 38 heavy (non-hydrogen) atoms. The molecule has 0 aromatic heterocycles. The summed E-state index contributed by atoms with van der Waals surface area (Å²) < 4.78 is 6.10. The zero-order valence-corrected chi connectivity index (χ0v) is 21.5. The van der Waals surface area contributed by atoms with Gasteiger partial charge in [0.25, 0.3) is 5.69 Å². The fraction of sp³-hybridized carbons (Fsp3) is 0.276. The van der Waals surface area contributed by atoms with Crippen LogP contribution in [0.1, 0.15) is 65.4 Å². The van der Waals surface area contributed by atoms with Crippen molar-refractivity contribution in [1.29, 1.82) is 0 Å². The van der Waals surface area contributed by atoms with E-state index < -0.39 is 10.9 Å². The van der Waals surface area contributed by atoms with Crippen molar-refractivity contribution in [2.75, 3.05) is 6.61 Å². The number of hydrogen-bond acceptors (Lipinski definition) is 7. The van der Waals surface area contributed by atoms with Gasteiger partial charge >= 0.3 is 5.97 Å². The first-order valence-electron chi connectivity index (χ1n) is 12.6. The van der Waals surface area contributed by atoms with E-state index in [1.807, 2.05) is 42.5 Å². The summed E-state index contributed by atoms with van der Waals surface area (Å²) in [5.41, 5.74) is 2.56. The van der Waals surface area contributed by atoms with Crippen molar-refractivity contribution >= 4 is 34.2 Å². The molecule has 1 atom stereocenters. The highest BCUT2D eigenvalue weighted by Gasteiger charge is 2.32. The number of ether oxygens (including phenoxy) is 1. The number of rotatable bonds is 8. The highest BCUT2D eigenvalue weighted by Crippen LogP contribution is 2.38. The zero-order valence-electron chi connectivity index (χ0n) is 20.7. The smallest absolute Gasteiger partial charge is 0.335 e. The summed E-state index contributed by atoms with van der Waals surface area (Å²) in [6, 6.07) is 21.8. The number of nitrogens with zero attached hydrogens (tertiary/aromatic N) is 3. The Morgan fingerprint density at radius 1 is 0.974 bits per heavy atom. The summed E-state index contributed by atoms with van der Waals surface area (Å²) in [6.07, 6.45) is 6.38. The average Bonchev–Trinajstić information content (AvgIpc) is 3.35. The fourth-order valence-electron chi connectivity index (χ4n) is 4.96. The van der Waals surface area contributed by atoms with Gasteiger partial charge in [-0.1, -0.05) is 73.5 Å². The van der Waals surface area contributed by atoms with Crippen molar-refractivity contribution in [2.24, 2.45) is 10.2 Å². The molecule has 1 heterocycles. The van der Waals surface area contributed by atoms with Crippen molar-refractivity contribution in [3.63, 3.8) is 0 Å². The van der Waals surface area contributed by atoms with Crippen molar-refractivity contribution in [1.82, 2.24) is 0 Å². The van der Waals surface area contributed by atoms with E-state index in [-0.39, 0.29) is 23.8 Å². The van der Waals surface area contributed by atoms with Crippen LogP contribution in [0.3, 0.4) is 0 Å². The van der Waals surface area contributed by atoms with Crippen LogP contribution in [-0.2, 0) is 0 Å². The molecule has 0 unspecified atom stereocenters. The van der Waals surface area contributed by atoms with E-state index in [4.69, 9.17) is 4.74 Å². The molecule has 8 nitrogen and oxygen atoms in total. The molecule has 1 aliphatic heterocycles. The topological polar surface area (TPSA) is 114 Å². The summed E-state index contributed by atoms with van der Waals surface area (Å²) in [5, 5.41) is 30.2. The average molecular weight is 530 g/mol. The molecule has 0 radical (unpaired) electrons. The standard InChI is InChI=1S/C29H27N3O5S/c33-29(34)22-13-16-26(25(17-22)32(35)36)38-28-27(21-9-5-2-6-10-21)24(30-31-28)18-37-23-14-11-20(12-15-23)19-7-3-1-4-8-19/h2,5-6,9-17,19,27H,1,3-4,7-8,18H2,(H,33,34)/t27-/m1/s1. The van der Waals surface area contributed by atoms with E-state index in [1.54, 1.807) is 0 Å². The van der Waals surface area contributed by atoms with E-state index in [0.717, 1.165) is 29.1 Å². The molecule has 0 saturated heterocycles. The summed E-state index contributed by atoms with van der Waals surface area (Å²) in [6.45, 7) is 0.218. The Balaban J connectivity index is 1.33. The summed E-state index contributed by atoms with van der Waals surface area (Å²) >= 11 is 1.12. The Hall–Kier alpha value is -3.98. The van der Waals surface area contributed by atoms with E-state index in [1.165, 1.54) is 49.8 Å². The lowest BCUT2D eigenvalue weighted by atomic mass is 9.84. The second-order valence-electron chi connectivity index (χ2n) is 9.41. The van der Waals surface area contributed by atoms with Crippen LogP contribution in [0.15, 0.2) is 87.9 Å². The van der Waals surface area contributed by atoms with E-state index >= 15 is 0 Å². The predicted octanol–water partition coefficient (Wildman–Crippen LogP) is 7.06. The minimum absolute atomic E-state index is 0.145. The quantitative estimate of drug-likeness (QED) is 0.247. The monoisotopic (exact) mass is 529 g/mol. The molecule has 0 amide bonds. The Morgan fingerprint density at radius 2 is 1.71 bits per heavy atom. The van der Waals surface area contributed by atoms with E-state index in [2.05, 4.69) is 22.3 Å². The number of carboxylic acids is 1. The first kappa shape index (κ1) is 25.7. The Kier molecular flexibility index (Phi) is 7.83. The number of benzene rings is 3. The molecule has 0 spiro atoms. The SMILES string of the molecule is O=C(O)c1ccc(SC2=NN=C(COc3ccc(C4CCCCC4)cc3)[C@H]2c2ccccc2)c([N+](=O)[O-])c1. The minimum Gasteiger partial charge on any atom is -0.488 e. The fourth-order valence-corrected chi connectivity index (χ4v) is 6.04. The highest BCUT2D eigenvalue weighted by molar-refractivity contribution is 8.14. The normalized spacial score (nSPS) is 17.5. The van der Waals surface area contributed by atoms with Gasteiger partial charge in [-0.2, -0.15) is 5.10 Å². The molecule has 194 valence electrons. The molecular formula is C29H27N3O5S. The third-order valence-corrected chi connectivity index (χ3v) is 8.04. The summed E-state index contributed by atoms with van der Waals surface area (Å²) in [7, 11) is 0. The van der Waals surface area contributed by atoms with Crippen LogP contribution in [0, 0.1) is 10.1 Å². The largest absolute Gasteiger partial charge is 0.488 e. The molecule has 1 N–H and O–H groups in total. The van der Waals surface area contributed by atoms with Gasteiger partial charge in [-0.15, -0.1) is 5.10 Å². The van der Waals surface area contributed by atoms with Gasteiger partial charge in [0.15, 0.2) is 0 Å². The maximum Gasteiger partial charge on any atom is 0.335 e. The van der Waals surface area contributed by atoms with E-state index in [0.29, 0.717) is 21.6 Å². The molecule has 0 bridgehead atoms. The number of nitro benzene ring substituents is 1. The van der Waals surface area contributed by atoms with Crippen LogP contribution in [0.25, 0.3) is 0 Å². The zero-order chi connectivity index (χ0) is 26.5. The van der Waals surface area contributed by atoms with Crippen LogP contribution >= 0.6 is 11.8 Å². The van der Waals surface area contributed by atoms with Crippen molar-refractivity contribution in [3.05, 3.63) is 99.6 Å². The summed E-state index contributed by atoms with van der Waals surface area (Å²) in [5.74, 6) is -0.179. The van der Waals surface area contributed by atoms with Crippen molar-refractivity contribution < 1.29 is 19.6 Å². The second kappa shape index (κ2) is 11.6. The van der Waals surface area contributed by atoms with E-state index in [9.17, 15) is 20.0 Å². The second-order valence-corrected chi connectivity index (χ2v) is 10.5. The van der Waals surface area contributed by atoms with Gasteiger partial charge in [-0.3, -0.25) is 10.1 Å². The molecule has 3 aromatic rings. The van der Waals surface area contributed by atoms with Gasteiger partial charge in [-0.05, 0) is 54.2 Å². The van der Waals surface area contributed by atoms with Crippen LogP contribution in [0.4, 0.5) is 5.69 Å². The minimum atomic E-state index is -1.22. The molecule has 1 saturated carbocycles. The molecule has 9 heteroatoms. The lowest BCUT2D eigenvalue weighted by molar-refractivity contribution is -0.387. The number of carbonyl (C=O) groups is 1. The number of thioether (sulfide) groups is 1. The number of aromatic carboxylic acids is 1. The Labute approximate surface area is 224 Å². The van der Waals surface area contributed by atoms with Crippen molar-refractivity contribution in [3.8, 4) is 5.75 Å². The van der Waals surface area contributed by atoms with Gasteiger partial charge in [0, 0.05) is 6.07 Å². The Bertz CT molecular complexity index is 1380. The lowest BCUT2D eigenvalue weighted by Gasteiger charge is -2.22. The molecule has 1 fully saturated rings. The van der Waals surface area contributed by atoms with Crippen LogP contribution in [0.2, 0.25) is 0 Å². The molecule has 3 aromatic carbocycles. The van der Waals surface area contributed by atoms with Gasteiger partial charge in [-0.25, -0.2) is 4.79 Å². The number of carboxylic acid groups (broad SMARTS) is 1. The van der Waals surface area contributed by atoms with Crippen molar-refractivity contribution in [2.45, 2.75) is 48.8 Å².